The molecule has 0 aromatic carbocycles. The highest BCUT2D eigenvalue weighted by Gasteiger charge is 2.29. The summed E-state index contributed by atoms with van der Waals surface area (Å²) in [5, 5.41) is 18.7. The van der Waals surface area contributed by atoms with E-state index in [0.717, 1.165) is 6.54 Å². The van der Waals surface area contributed by atoms with Gasteiger partial charge < -0.3 is 10.2 Å². The van der Waals surface area contributed by atoms with Crippen LogP contribution in [-0.4, -0.2) is 47.0 Å². The van der Waals surface area contributed by atoms with Crippen molar-refractivity contribution < 1.29 is 10.2 Å². The average molecular weight is 183 g/mol. The molecule has 2 atom stereocenters. The minimum Gasteiger partial charge on any atom is -0.389 e. The van der Waals surface area contributed by atoms with Crippen molar-refractivity contribution in [1.29, 1.82) is 0 Å². The molecule has 13 heavy (non-hydrogen) atoms. The molecule has 1 aliphatic carbocycles. The molecule has 0 spiro atoms. The van der Waals surface area contributed by atoms with Gasteiger partial charge in [0.2, 0.25) is 0 Å². The van der Waals surface area contributed by atoms with E-state index in [1.165, 1.54) is 24.8 Å². The highest BCUT2D eigenvalue weighted by Crippen LogP contribution is 2.20. The Morgan fingerprint density at radius 2 is 2.00 bits per heavy atom. The molecule has 1 fully saturated rings. The number of nitrogens with zero attached hydrogens (tertiary/aromatic N) is 1. The molecular weight excluding hydrogens is 166 g/mol. The van der Waals surface area contributed by atoms with Crippen molar-refractivity contribution in [2.45, 2.75) is 31.5 Å². The summed E-state index contributed by atoms with van der Waals surface area (Å²) in [6, 6.07) is 0. The summed E-state index contributed by atoms with van der Waals surface area (Å²) in [6.45, 7) is 2.19. The third-order valence-electron chi connectivity index (χ3n) is 2.90. The second kappa shape index (κ2) is 3.78. The monoisotopic (exact) mass is 183 g/mol. The molecular formula is C10H17NO2. The van der Waals surface area contributed by atoms with E-state index in [-0.39, 0.29) is 0 Å². The number of aliphatic hydroxyl groups excluding tert-OH is 2. The molecule has 2 unspecified atom stereocenters. The largest absolute Gasteiger partial charge is 0.389 e. The molecule has 0 aromatic heterocycles. The Morgan fingerprint density at radius 1 is 1.31 bits per heavy atom. The van der Waals surface area contributed by atoms with Crippen LogP contribution < -0.4 is 0 Å². The summed E-state index contributed by atoms with van der Waals surface area (Å²) < 4.78 is 0. The number of β-amino-alcohol motifs (C(OH)–C–C–N with tert-alkyl or cyclic N) is 2. The van der Waals surface area contributed by atoms with Crippen molar-refractivity contribution in [1.82, 2.24) is 4.90 Å². The van der Waals surface area contributed by atoms with Gasteiger partial charge in [-0.3, -0.25) is 4.90 Å². The van der Waals surface area contributed by atoms with Crippen LogP contribution in [0.1, 0.15) is 19.3 Å². The number of likely N-dealkylation sites (tertiary alicyclic amines) is 1. The Hall–Kier alpha value is -0.380. The Bertz CT molecular complexity index is 205. The molecule has 0 aromatic rings. The molecule has 3 nitrogen and oxygen atoms in total. The zero-order valence-electron chi connectivity index (χ0n) is 7.82. The summed E-state index contributed by atoms with van der Waals surface area (Å²) in [5.41, 5.74) is 1.47. The van der Waals surface area contributed by atoms with E-state index in [1.807, 2.05) is 0 Å². The maximum absolute atomic E-state index is 9.33. The maximum atomic E-state index is 9.33. The zero-order valence-corrected chi connectivity index (χ0v) is 7.82. The number of aliphatic hydroxyl groups is 2. The van der Waals surface area contributed by atoms with Crippen LogP contribution in [0, 0.1) is 0 Å². The van der Waals surface area contributed by atoms with Gasteiger partial charge in [0.05, 0.1) is 12.2 Å². The molecule has 2 N–H and O–H groups in total. The molecule has 1 saturated heterocycles. The first kappa shape index (κ1) is 9.19. The van der Waals surface area contributed by atoms with Gasteiger partial charge in [0.15, 0.2) is 0 Å². The van der Waals surface area contributed by atoms with Gasteiger partial charge in [0.1, 0.15) is 0 Å². The van der Waals surface area contributed by atoms with Crippen molar-refractivity contribution in [3.63, 3.8) is 0 Å². The summed E-state index contributed by atoms with van der Waals surface area (Å²) in [4.78, 5) is 2.13. The van der Waals surface area contributed by atoms with E-state index >= 15 is 0 Å². The molecule has 0 amide bonds. The molecule has 0 radical (unpaired) electrons. The predicted octanol–water partition coefficient (Wildman–Crippen LogP) is 0.134. The molecule has 0 bridgehead atoms. The third kappa shape index (κ3) is 2.10. The summed E-state index contributed by atoms with van der Waals surface area (Å²) in [6.07, 6.45) is 4.88. The van der Waals surface area contributed by atoms with Crippen LogP contribution in [0.15, 0.2) is 11.6 Å². The van der Waals surface area contributed by atoms with Crippen LogP contribution >= 0.6 is 0 Å². The van der Waals surface area contributed by atoms with Crippen LogP contribution in [-0.2, 0) is 0 Å². The fraction of sp³-hybridized carbons (Fsp3) is 0.800. The first-order valence-electron chi connectivity index (χ1n) is 5.02. The zero-order chi connectivity index (χ0) is 9.26. The van der Waals surface area contributed by atoms with Crippen LogP contribution in [0.5, 0.6) is 0 Å². The standard InChI is InChI=1S/C10H17NO2/c12-9-6-11(7-10(9)13)5-8-3-1-2-4-8/h3,9-10,12-13H,1-2,4-7H2. The number of hydrogen-bond acceptors (Lipinski definition) is 3. The average Bonchev–Trinajstić information content (AvgIpc) is 2.64. The van der Waals surface area contributed by atoms with Crippen LogP contribution in [0.4, 0.5) is 0 Å². The quantitative estimate of drug-likeness (QED) is 0.598. The van der Waals surface area contributed by atoms with E-state index in [1.54, 1.807) is 0 Å². The number of allylic oxidation sites excluding steroid dienone is 1. The Labute approximate surface area is 78.7 Å². The highest BCUT2D eigenvalue weighted by atomic mass is 16.3. The molecule has 74 valence electrons. The van der Waals surface area contributed by atoms with Crippen molar-refractivity contribution in [3.8, 4) is 0 Å². The third-order valence-corrected chi connectivity index (χ3v) is 2.90. The summed E-state index contributed by atoms with van der Waals surface area (Å²) in [7, 11) is 0. The van der Waals surface area contributed by atoms with Crippen molar-refractivity contribution >= 4 is 0 Å². The first-order chi connectivity index (χ1) is 6.25. The van der Waals surface area contributed by atoms with Gasteiger partial charge in [0, 0.05) is 19.6 Å². The minimum atomic E-state index is -0.540. The minimum absolute atomic E-state index is 0.540. The molecule has 2 aliphatic rings. The van der Waals surface area contributed by atoms with E-state index in [9.17, 15) is 10.2 Å². The topological polar surface area (TPSA) is 43.7 Å². The van der Waals surface area contributed by atoms with E-state index in [2.05, 4.69) is 11.0 Å². The van der Waals surface area contributed by atoms with E-state index in [0.29, 0.717) is 13.1 Å². The van der Waals surface area contributed by atoms with Gasteiger partial charge in [-0.1, -0.05) is 11.6 Å². The van der Waals surface area contributed by atoms with Gasteiger partial charge in [-0.05, 0) is 19.3 Å². The SMILES string of the molecule is OC1CN(CC2=CCCC2)CC1O. The van der Waals surface area contributed by atoms with Gasteiger partial charge in [-0.25, -0.2) is 0 Å². The lowest BCUT2D eigenvalue weighted by Gasteiger charge is -2.14. The summed E-state index contributed by atoms with van der Waals surface area (Å²) >= 11 is 0. The fourth-order valence-corrected chi connectivity index (χ4v) is 2.14. The molecule has 1 aliphatic heterocycles. The predicted molar refractivity (Wildman–Crippen MR) is 50.4 cm³/mol. The van der Waals surface area contributed by atoms with Crippen LogP contribution in [0.2, 0.25) is 0 Å². The first-order valence-corrected chi connectivity index (χ1v) is 5.02. The smallest absolute Gasteiger partial charge is 0.0938 e. The van der Waals surface area contributed by atoms with Crippen molar-refractivity contribution in [2.75, 3.05) is 19.6 Å². The number of hydrogen-bond donors (Lipinski definition) is 2. The highest BCUT2D eigenvalue weighted by molar-refractivity contribution is 5.10. The lowest BCUT2D eigenvalue weighted by atomic mass is 10.2. The van der Waals surface area contributed by atoms with Gasteiger partial charge in [-0.15, -0.1) is 0 Å². The van der Waals surface area contributed by atoms with E-state index in [4.69, 9.17) is 0 Å². The molecule has 1 heterocycles. The molecule has 0 saturated carbocycles. The van der Waals surface area contributed by atoms with Crippen molar-refractivity contribution in [3.05, 3.63) is 11.6 Å². The number of rotatable bonds is 2. The van der Waals surface area contributed by atoms with Crippen molar-refractivity contribution in [2.24, 2.45) is 0 Å². The lowest BCUT2D eigenvalue weighted by Crippen LogP contribution is -2.24. The van der Waals surface area contributed by atoms with Crippen LogP contribution in [0.25, 0.3) is 0 Å². The van der Waals surface area contributed by atoms with Gasteiger partial charge in [0.25, 0.3) is 0 Å². The maximum Gasteiger partial charge on any atom is 0.0938 e. The molecule has 3 heteroatoms. The second-order valence-corrected chi connectivity index (χ2v) is 4.08. The normalized spacial score (nSPS) is 35.4. The van der Waals surface area contributed by atoms with Gasteiger partial charge >= 0.3 is 0 Å². The Balaban J connectivity index is 1.83. The summed E-state index contributed by atoms with van der Waals surface area (Å²) in [5.74, 6) is 0. The fourth-order valence-electron chi connectivity index (χ4n) is 2.14. The van der Waals surface area contributed by atoms with Crippen LogP contribution in [0.3, 0.4) is 0 Å². The lowest BCUT2D eigenvalue weighted by molar-refractivity contribution is 0.0572. The Kier molecular flexibility index (Phi) is 2.67. The van der Waals surface area contributed by atoms with E-state index < -0.39 is 12.2 Å². The Morgan fingerprint density at radius 3 is 2.54 bits per heavy atom. The second-order valence-electron chi connectivity index (χ2n) is 4.08. The van der Waals surface area contributed by atoms with Gasteiger partial charge in [-0.2, -0.15) is 0 Å². The molecule has 2 rings (SSSR count).